The topological polar surface area (TPSA) is 45.7 Å². The van der Waals surface area contributed by atoms with Gasteiger partial charge in [-0.3, -0.25) is 4.99 Å². The molecule has 1 aromatic carbocycles. The van der Waals surface area contributed by atoms with E-state index in [4.69, 9.17) is 4.74 Å². The first-order valence-corrected chi connectivity index (χ1v) is 7.85. The SMILES string of the molecule is CN=C(NCCCOCC1CC1)NCc1cccc(C)c1. The first-order chi connectivity index (χ1) is 10.3. The second-order valence-corrected chi connectivity index (χ2v) is 5.71. The fourth-order valence-corrected chi connectivity index (χ4v) is 2.14. The molecule has 4 heteroatoms. The van der Waals surface area contributed by atoms with Gasteiger partial charge in [0.05, 0.1) is 0 Å². The molecule has 21 heavy (non-hydrogen) atoms. The van der Waals surface area contributed by atoms with Crippen molar-refractivity contribution >= 4 is 5.96 Å². The van der Waals surface area contributed by atoms with E-state index in [2.05, 4.69) is 46.8 Å². The predicted molar refractivity (Wildman–Crippen MR) is 87.5 cm³/mol. The summed E-state index contributed by atoms with van der Waals surface area (Å²) in [6.45, 7) is 5.56. The van der Waals surface area contributed by atoms with Gasteiger partial charge in [0.15, 0.2) is 5.96 Å². The number of ether oxygens (including phenoxy) is 1. The van der Waals surface area contributed by atoms with Gasteiger partial charge in [0.25, 0.3) is 0 Å². The molecule has 0 saturated heterocycles. The van der Waals surface area contributed by atoms with Gasteiger partial charge >= 0.3 is 0 Å². The minimum Gasteiger partial charge on any atom is -0.381 e. The maximum absolute atomic E-state index is 5.62. The third kappa shape index (κ3) is 6.63. The van der Waals surface area contributed by atoms with E-state index in [1.807, 2.05) is 0 Å². The van der Waals surface area contributed by atoms with Crippen molar-refractivity contribution in [2.24, 2.45) is 10.9 Å². The number of aliphatic imine (C=N–C) groups is 1. The number of guanidine groups is 1. The van der Waals surface area contributed by atoms with Gasteiger partial charge in [-0.2, -0.15) is 0 Å². The highest BCUT2D eigenvalue weighted by Gasteiger charge is 2.20. The van der Waals surface area contributed by atoms with Gasteiger partial charge in [0.1, 0.15) is 0 Å². The molecule has 2 N–H and O–H groups in total. The highest BCUT2D eigenvalue weighted by atomic mass is 16.5. The maximum Gasteiger partial charge on any atom is 0.191 e. The lowest BCUT2D eigenvalue weighted by atomic mass is 10.1. The summed E-state index contributed by atoms with van der Waals surface area (Å²) in [5, 5.41) is 6.65. The number of hydrogen-bond acceptors (Lipinski definition) is 2. The van der Waals surface area contributed by atoms with Gasteiger partial charge in [0, 0.05) is 33.4 Å². The van der Waals surface area contributed by atoms with Crippen LogP contribution in [0.4, 0.5) is 0 Å². The van der Waals surface area contributed by atoms with Crippen LogP contribution in [0.2, 0.25) is 0 Å². The zero-order valence-electron chi connectivity index (χ0n) is 13.2. The number of nitrogens with zero attached hydrogens (tertiary/aromatic N) is 1. The van der Waals surface area contributed by atoms with E-state index in [-0.39, 0.29) is 0 Å². The van der Waals surface area contributed by atoms with E-state index >= 15 is 0 Å². The molecule has 0 atom stereocenters. The van der Waals surface area contributed by atoms with Crippen molar-refractivity contribution in [2.45, 2.75) is 32.7 Å². The van der Waals surface area contributed by atoms with Crippen LogP contribution in [0.15, 0.2) is 29.3 Å². The summed E-state index contributed by atoms with van der Waals surface area (Å²) < 4.78 is 5.62. The Hall–Kier alpha value is -1.55. The minimum absolute atomic E-state index is 0.791. The molecule has 4 nitrogen and oxygen atoms in total. The van der Waals surface area contributed by atoms with E-state index in [1.165, 1.54) is 24.0 Å². The third-order valence-corrected chi connectivity index (χ3v) is 3.57. The molecule has 0 bridgehead atoms. The van der Waals surface area contributed by atoms with Crippen LogP contribution in [0.1, 0.15) is 30.4 Å². The number of nitrogens with one attached hydrogen (secondary N) is 2. The lowest BCUT2D eigenvalue weighted by molar-refractivity contribution is 0.123. The summed E-state index contributed by atoms with van der Waals surface area (Å²) in [6.07, 6.45) is 3.72. The Morgan fingerprint density at radius 3 is 2.90 bits per heavy atom. The van der Waals surface area contributed by atoms with Crippen molar-refractivity contribution in [2.75, 3.05) is 26.8 Å². The lowest BCUT2D eigenvalue weighted by Crippen LogP contribution is -2.37. The Morgan fingerprint density at radius 2 is 2.19 bits per heavy atom. The zero-order valence-corrected chi connectivity index (χ0v) is 13.2. The predicted octanol–water partition coefficient (Wildman–Crippen LogP) is 2.48. The Balaban J connectivity index is 1.57. The molecule has 0 radical (unpaired) electrons. The van der Waals surface area contributed by atoms with Crippen molar-refractivity contribution in [1.29, 1.82) is 0 Å². The van der Waals surface area contributed by atoms with Crippen LogP contribution in [0, 0.1) is 12.8 Å². The summed E-state index contributed by atoms with van der Waals surface area (Å²) in [6, 6.07) is 8.50. The molecule has 1 aliphatic carbocycles. The molecule has 116 valence electrons. The molecule has 1 aliphatic rings. The number of rotatable bonds is 8. The fraction of sp³-hybridized carbons (Fsp3) is 0.588. The molecule has 0 amide bonds. The van der Waals surface area contributed by atoms with Crippen LogP contribution < -0.4 is 10.6 Å². The maximum atomic E-state index is 5.62. The van der Waals surface area contributed by atoms with E-state index < -0.39 is 0 Å². The molecule has 1 aromatic rings. The standard InChI is InChI=1S/C17H27N3O/c1-14-5-3-6-16(11-14)12-20-17(18-2)19-9-4-10-21-13-15-7-8-15/h3,5-6,11,15H,4,7-10,12-13H2,1-2H3,(H2,18,19,20). The van der Waals surface area contributed by atoms with Crippen molar-refractivity contribution in [3.05, 3.63) is 35.4 Å². The van der Waals surface area contributed by atoms with E-state index in [0.29, 0.717) is 0 Å². The Morgan fingerprint density at radius 1 is 1.33 bits per heavy atom. The van der Waals surface area contributed by atoms with Gasteiger partial charge in [-0.25, -0.2) is 0 Å². The Labute approximate surface area is 128 Å². The zero-order chi connectivity index (χ0) is 14.9. The first kappa shape index (κ1) is 15.8. The van der Waals surface area contributed by atoms with Crippen molar-refractivity contribution in [3.8, 4) is 0 Å². The molecule has 0 unspecified atom stereocenters. The van der Waals surface area contributed by atoms with E-state index in [9.17, 15) is 0 Å². The van der Waals surface area contributed by atoms with Gasteiger partial charge in [-0.05, 0) is 37.7 Å². The van der Waals surface area contributed by atoms with Gasteiger partial charge in [-0.15, -0.1) is 0 Å². The number of benzene rings is 1. The smallest absolute Gasteiger partial charge is 0.191 e. The van der Waals surface area contributed by atoms with Crippen LogP contribution in [0.25, 0.3) is 0 Å². The molecular formula is C17H27N3O. The van der Waals surface area contributed by atoms with Crippen LogP contribution in [0.5, 0.6) is 0 Å². The normalized spacial score (nSPS) is 15.0. The molecule has 0 heterocycles. The highest BCUT2D eigenvalue weighted by molar-refractivity contribution is 5.79. The lowest BCUT2D eigenvalue weighted by Gasteiger charge is -2.12. The first-order valence-electron chi connectivity index (χ1n) is 7.85. The van der Waals surface area contributed by atoms with Gasteiger partial charge < -0.3 is 15.4 Å². The average Bonchev–Trinajstić information content (AvgIpc) is 3.30. The summed E-state index contributed by atoms with van der Waals surface area (Å²) >= 11 is 0. The molecule has 1 saturated carbocycles. The second-order valence-electron chi connectivity index (χ2n) is 5.71. The average molecular weight is 289 g/mol. The minimum atomic E-state index is 0.791. The fourth-order valence-electron chi connectivity index (χ4n) is 2.14. The monoisotopic (exact) mass is 289 g/mol. The van der Waals surface area contributed by atoms with Gasteiger partial charge in [0.2, 0.25) is 0 Å². The molecule has 0 spiro atoms. The number of aryl methyl sites for hydroxylation is 1. The van der Waals surface area contributed by atoms with Crippen LogP contribution in [0.3, 0.4) is 0 Å². The van der Waals surface area contributed by atoms with Crippen LogP contribution >= 0.6 is 0 Å². The molecule has 0 aliphatic heterocycles. The Bertz CT molecular complexity index is 455. The molecule has 1 fully saturated rings. The second kappa shape index (κ2) is 8.67. The summed E-state index contributed by atoms with van der Waals surface area (Å²) in [5.74, 6) is 1.69. The third-order valence-electron chi connectivity index (χ3n) is 3.57. The van der Waals surface area contributed by atoms with Crippen molar-refractivity contribution in [3.63, 3.8) is 0 Å². The largest absolute Gasteiger partial charge is 0.381 e. The van der Waals surface area contributed by atoms with E-state index in [1.54, 1.807) is 7.05 Å². The van der Waals surface area contributed by atoms with Crippen molar-refractivity contribution < 1.29 is 4.74 Å². The molecule has 0 aromatic heterocycles. The summed E-state index contributed by atoms with van der Waals surface area (Å²) in [5.41, 5.74) is 2.55. The summed E-state index contributed by atoms with van der Waals surface area (Å²) in [4.78, 5) is 4.24. The van der Waals surface area contributed by atoms with Crippen molar-refractivity contribution in [1.82, 2.24) is 10.6 Å². The quantitative estimate of drug-likeness (QED) is 0.439. The Kier molecular flexibility index (Phi) is 6.54. The van der Waals surface area contributed by atoms with E-state index in [0.717, 1.165) is 44.6 Å². The van der Waals surface area contributed by atoms with Crippen LogP contribution in [-0.2, 0) is 11.3 Å². The molecular weight excluding hydrogens is 262 g/mol. The van der Waals surface area contributed by atoms with Gasteiger partial charge in [-0.1, -0.05) is 29.8 Å². The molecule has 2 rings (SSSR count). The summed E-state index contributed by atoms with van der Waals surface area (Å²) in [7, 11) is 1.80. The number of hydrogen-bond donors (Lipinski definition) is 2. The highest BCUT2D eigenvalue weighted by Crippen LogP contribution is 2.28. The van der Waals surface area contributed by atoms with Crippen LogP contribution in [-0.4, -0.2) is 32.8 Å².